The quantitative estimate of drug-likeness (QED) is 0.746. The molecule has 2 N–H and O–H groups in total. The molecule has 30 heavy (non-hydrogen) atoms. The number of amides is 2. The van der Waals surface area contributed by atoms with Gasteiger partial charge in [-0.2, -0.15) is 0 Å². The van der Waals surface area contributed by atoms with E-state index in [1.165, 1.54) is 5.56 Å². The molecule has 3 heterocycles. The van der Waals surface area contributed by atoms with E-state index in [9.17, 15) is 9.59 Å². The average Bonchev–Trinajstić information content (AvgIpc) is 3.38. The van der Waals surface area contributed by atoms with Crippen LogP contribution < -0.4 is 15.5 Å². The van der Waals surface area contributed by atoms with Crippen molar-refractivity contribution in [2.75, 3.05) is 31.1 Å². The third-order valence-electron chi connectivity index (χ3n) is 6.84. The molecule has 2 saturated heterocycles. The highest BCUT2D eigenvalue weighted by Gasteiger charge is 2.36. The lowest BCUT2D eigenvalue weighted by molar-refractivity contribution is -0.125. The first-order valence-electron chi connectivity index (χ1n) is 11.2. The van der Waals surface area contributed by atoms with Gasteiger partial charge in [-0.1, -0.05) is 18.2 Å². The van der Waals surface area contributed by atoms with E-state index < -0.39 is 0 Å². The highest BCUT2D eigenvalue weighted by molar-refractivity contribution is 5.99. The van der Waals surface area contributed by atoms with Gasteiger partial charge in [0.1, 0.15) is 0 Å². The molecule has 3 aliphatic heterocycles. The Hall–Kier alpha value is -1.63. The van der Waals surface area contributed by atoms with Gasteiger partial charge in [0.15, 0.2) is 0 Å². The van der Waals surface area contributed by atoms with Gasteiger partial charge in [-0.15, -0.1) is 12.4 Å². The average molecular weight is 435 g/mol. The summed E-state index contributed by atoms with van der Waals surface area (Å²) in [5, 5.41) is 6.39. The molecule has 166 valence electrons. The number of para-hydroxylation sites is 1. The van der Waals surface area contributed by atoms with Crippen molar-refractivity contribution in [2.45, 2.75) is 64.1 Å². The highest BCUT2D eigenvalue weighted by atomic mass is 35.5. The predicted molar refractivity (Wildman–Crippen MR) is 122 cm³/mol. The molecule has 4 unspecified atom stereocenters. The molecule has 1 aromatic carbocycles. The Kier molecular flexibility index (Phi) is 7.77. The summed E-state index contributed by atoms with van der Waals surface area (Å²) in [7, 11) is 0. The molecule has 3 aliphatic rings. The zero-order valence-corrected chi connectivity index (χ0v) is 18.9. The largest absolute Gasteiger partial charge is 0.354 e. The molecule has 0 aliphatic carbocycles. The standard InChI is InChI=1S/C23H34N4O2.ClH/c1-16-13-19-8-3-4-10-21(19)27(16)23(29)17(2)26-12-6-7-18(15-26)14-25-22(28)20-9-5-11-24-20;/h3-4,8,10,16-18,20,24H,5-7,9,11-15H2,1-2H3,(H,25,28);1H. The van der Waals surface area contributed by atoms with Gasteiger partial charge in [0.2, 0.25) is 11.8 Å². The minimum absolute atomic E-state index is 0. The number of hydrogen-bond donors (Lipinski definition) is 2. The molecule has 0 saturated carbocycles. The second kappa shape index (κ2) is 10.1. The fraction of sp³-hybridized carbons (Fsp3) is 0.652. The van der Waals surface area contributed by atoms with Crippen molar-refractivity contribution in [2.24, 2.45) is 5.92 Å². The topological polar surface area (TPSA) is 64.7 Å². The number of hydrogen-bond acceptors (Lipinski definition) is 4. The third-order valence-corrected chi connectivity index (χ3v) is 6.84. The summed E-state index contributed by atoms with van der Waals surface area (Å²) in [5.41, 5.74) is 2.34. The van der Waals surface area contributed by atoms with Crippen molar-refractivity contribution < 1.29 is 9.59 Å². The predicted octanol–water partition coefficient (Wildman–Crippen LogP) is 2.35. The highest BCUT2D eigenvalue weighted by Crippen LogP contribution is 2.33. The molecular weight excluding hydrogens is 400 g/mol. The van der Waals surface area contributed by atoms with Crippen LogP contribution in [0.3, 0.4) is 0 Å². The summed E-state index contributed by atoms with van der Waals surface area (Å²) >= 11 is 0. The van der Waals surface area contributed by atoms with E-state index >= 15 is 0 Å². The Morgan fingerprint density at radius 1 is 1.23 bits per heavy atom. The number of halogens is 1. The number of carbonyl (C=O) groups excluding carboxylic acids is 2. The molecule has 4 rings (SSSR count). The Bertz CT molecular complexity index is 752. The zero-order chi connectivity index (χ0) is 20.4. The maximum atomic E-state index is 13.4. The van der Waals surface area contributed by atoms with Crippen LogP contribution in [0.5, 0.6) is 0 Å². The fourth-order valence-electron chi connectivity index (χ4n) is 5.15. The Morgan fingerprint density at radius 2 is 2.03 bits per heavy atom. The van der Waals surface area contributed by atoms with Crippen LogP contribution in [0.2, 0.25) is 0 Å². The minimum Gasteiger partial charge on any atom is -0.354 e. The van der Waals surface area contributed by atoms with Crippen molar-refractivity contribution in [3.8, 4) is 0 Å². The number of rotatable bonds is 5. The first-order valence-corrected chi connectivity index (χ1v) is 11.2. The van der Waals surface area contributed by atoms with Crippen molar-refractivity contribution in [1.82, 2.24) is 15.5 Å². The van der Waals surface area contributed by atoms with Gasteiger partial charge in [-0.25, -0.2) is 0 Å². The van der Waals surface area contributed by atoms with Crippen LogP contribution in [0.1, 0.15) is 45.1 Å². The summed E-state index contributed by atoms with van der Waals surface area (Å²) in [6, 6.07) is 8.30. The molecule has 6 nitrogen and oxygen atoms in total. The lowest BCUT2D eigenvalue weighted by Gasteiger charge is -2.38. The number of anilines is 1. The summed E-state index contributed by atoms with van der Waals surface area (Å²) in [4.78, 5) is 30.0. The van der Waals surface area contributed by atoms with E-state index in [4.69, 9.17) is 0 Å². The van der Waals surface area contributed by atoms with Gasteiger partial charge in [-0.05, 0) is 76.6 Å². The van der Waals surface area contributed by atoms with E-state index in [1.807, 2.05) is 24.0 Å². The van der Waals surface area contributed by atoms with E-state index in [0.717, 1.165) is 57.4 Å². The van der Waals surface area contributed by atoms with Gasteiger partial charge in [0.25, 0.3) is 0 Å². The fourth-order valence-corrected chi connectivity index (χ4v) is 5.15. The van der Waals surface area contributed by atoms with Crippen LogP contribution in [0.25, 0.3) is 0 Å². The van der Waals surface area contributed by atoms with Crippen LogP contribution in [-0.2, 0) is 16.0 Å². The molecule has 2 fully saturated rings. The summed E-state index contributed by atoms with van der Waals surface area (Å²) < 4.78 is 0. The molecular formula is C23H35ClN4O2. The Balaban J connectivity index is 0.00000256. The van der Waals surface area contributed by atoms with Gasteiger partial charge in [-0.3, -0.25) is 14.5 Å². The number of nitrogens with one attached hydrogen (secondary N) is 2. The second-order valence-corrected chi connectivity index (χ2v) is 8.96. The van der Waals surface area contributed by atoms with E-state index in [0.29, 0.717) is 12.5 Å². The van der Waals surface area contributed by atoms with E-state index in [2.05, 4.69) is 34.6 Å². The maximum Gasteiger partial charge on any atom is 0.244 e. The monoisotopic (exact) mass is 434 g/mol. The molecule has 7 heteroatoms. The zero-order valence-electron chi connectivity index (χ0n) is 18.1. The van der Waals surface area contributed by atoms with Gasteiger partial charge < -0.3 is 15.5 Å². The van der Waals surface area contributed by atoms with Gasteiger partial charge in [0.05, 0.1) is 12.1 Å². The lowest BCUT2D eigenvalue weighted by Crippen LogP contribution is -2.53. The van der Waals surface area contributed by atoms with Crippen LogP contribution in [0, 0.1) is 5.92 Å². The number of benzene rings is 1. The van der Waals surface area contributed by atoms with Crippen molar-refractivity contribution >= 4 is 29.9 Å². The first kappa shape index (κ1) is 23.0. The van der Waals surface area contributed by atoms with E-state index in [-0.39, 0.29) is 42.3 Å². The smallest absolute Gasteiger partial charge is 0.244 e. The van der Waals surface area contributed by atoms with Crippen LogP contribution in [0.4, 0.5) is 5.69 Å². The van der Waals surface area contributed by atoms with Crippen LogP contribution >= 0.6 is 12.4 Å². The minimum atomic E-state index is -0.140. The first-order chi connectivity index (χ1) is 14.0. The Labute approximate surface area is 186 Å². The van der Waals surface area contributed by atoms with Crippen LogP contribution in [0.15, 0.2) is 24.3 Å². The normalized spacial score (nSPS) is 27.3. The Morgan fingerprint density at radius 3 is 2.80 bits per heavy atom. The molecule has 1 aromatic rings. The summed E-state index contributed by atoms with van der Waals surface area (Å²) in [6.07, 6.45) is 5.12. The number of carbonyl (C=O) groups is 2. The molecule has 4 atom stereocenters. The molecule has 2 amide bonds. The molecule has 0 spiro atoms. The summed E-state index contributed by atoms with van der Waals surface area (Å²) in [5.74, 6) is 0.737. The van der Waals surface area contributed by atoms with Gasteiger partial charge >= 0.3 is 0 Å². The SMILES string of the molecule is CC(C(=O)N1c2ccccc2CC1C)N1CCCC(CNC(=O)C2CCCN2)C1.Cl. The third kappa shape index (κ3) is 4.82. The van der Waals surface area contributed by atoms with E-state index in [1.54, 1.807) is 0 Å². The molecule has 0 radical (unpaired) electrons. The van der Waals surface area contributed by atoms with Gasteiger partial charge in [0, 0.05) is 24.8 Å². The number of piperidine rings is 1. The number of nitrogens with zero attached hydrogens (tertiary/aromatic N) is 2. The van der Waals surface area contributed by atoms with Crippen molar-refractivity contribution in [3.05, 3.63) is 29.8 Å². The maximum absolute atomic E-state index is 13.4. The lowest BCUT2D eigenvalue weighted by atomic mass is 9.96. The number of fused-ring (bicyclic) bond motifs is 1. The van der Waals surface area contributed by atoms with Crippen molar-refractivity contribution in [3.63, 3.8) is 0 Å². The molecule has 0 aromatic heterocycles. The summed E-state index contributed by atoms with van der Waals surface area (Å²) in [6.45, 7) is 7.64. The van der Waals surface area contributed by atoms with Crippen LogP contribution in [-0.4, -0.2) is 61.0 Å². The van der Waals surface area contributed by atoms with Crippen molar-refractivity contribution in [1.29, 1.82) is 0 Å². The second-order valence-electron chi connectivity index (χ2n) is 8.96. The number of likely N-dealkylation sites (tertiary alicyclic amines) is 1. The molecule has 0 bridgehead atoms.